The van der Waals surface area contributed by atoms with E-state index in [1.807, 2.05) is 6.92 Å². The zero-order valence-electron chi connectivity index (χ0n) is 15.7. The lowest BCUT2D eigenvalue weighted by atomic mass is 10.00. The number of hydrogen-bond acceptors (Lipinski definition) is 4. The molecule has 0 radical (unpaired) electrons. The van der Waals surface area contributed by atoms with Gasteiger partial charge in [-0.25, -0.2) is 8.42 Å². The largest absolute Gasteiger partial charge is 0.481 e. The minimum absolute atomic E-state index is 0.128. The summed E-state index contributed by atoms with van der Waals surface area (Å²) in [5.41, 5.74) is 1.83. The Hall–Kier alpha value is -2.02. The first-order chi connectivity index (χ1) is 12.3. The van der Waals surface area contributed by atoms with Gasteiger partial charge in [0.05, 0.1) is 11.9 Å². The van der Waals surface area contributed by atoms with E-state index < -0.39 is 16.1 Å². The molecule has 1 aromatic rings. The summed E-state index contributed by atoms with van der Waals surface area (Å²) in [5, 5.41) is 2.95. The van der Waals surface area contributed by atoms with Crippen molar-refractivity contribution in [2.24, 2.45) is 0 Å². The number of ether oxygens (including phenoxy) is 1. The fraction of sp³-hybridized carbons (Fsp3) is 0.526. The van der Waals surface area contributed by atoms with E-state index in [0.29, 0.717) is 24.4 Å². The summed E-state index contributed by atoms with van der Waals surface area (Å²) in [4.78, 5) is 12.4. The van der Waals surface area contributed by atoms with E-state index in [1.54, 1.807) is 24.3 Å². The summed E-state index contributed by atoms with van der Waals surface area (Å²) >= 11 is 0. The number of amides is 1. The summed E-state index contributed by atoms with van der Waals surface area (Å²) in [7, 11) is -1.81. The molecule has 1 atom stereocenters. The Bertz CT molecular complexity index is 741. The maximum Gasteiger partial charge on any atom is 0.261 e. The summed E-state index contributed by atoms with van der Waals surface area (Å²) in [6, 6.07) is 6.68. The van der Waals surface area contributed by atoms with Gasteiger partial charge in [0.2, 0.25) is 10.0 Å². The lowest BCUT2D eigenvalue weighted by molar-refractivity contribution is -0.127. The first-order valence-corrected chi connectivity index (χ1v) is 10.8. The first-order valence-electron chi connectivity index (χ1n) is 8.97. The molecule has 7 heteroatoms. The third-order valence-corrected chi connectivity index (χ3v) is 5.72. The third-order valence-electron chi connectivity index (χ3n) is 4.51. The van der Waals surface area contributed by atoms with Crippen LogP contribution in [0.1, 0.15) is 39.0 Å². The number of carbonyl (C=O) groups is 1. The number of nitrogens with zero attached hydrogens (tertiary/aromatic N) is 1. The molecule has 0 spiro atoms. The molecule has 6 nitrogen and oxygen atoms in total. The van der Waals surface area contributed by atoms with Crippen LogP contribution in [0.25, 0.3) is 0 Å². The van der Waals surface area contributed by atoms with Crippen molar-refractivity contribution in [3.8, 4) is 5.75 Å². The first kappa shape index (κ1) is 20.3. The molecule has 1 aromatic carbocycles. The Morgan fingerprint density at radius 2 is 1.96 bits per heavy atom. The Balaban J connectivity index is 1.94. The molecule has 0 heterocycles. The second-order valence-electron chi connectivity index (χ2n) is 6.57. The van der Waals surface area contributed by atoms with Gasteiger partial charge in [-0.05, 0) is 56.4 Å². The van der Waals surface area contributed by atoms with Crippen molar-refractivity contribution in [2.45, 2.75) is 45.1 Å². The lowest BCUT2D eigenvalue weighted by Crippen LogP contribution is -2.39. The van der Waals surface area contributed by atoms with E-state index in [-0.39, 0.29) is 5.91 Å². The highest BCUT2D eigenvalue weighted by molar-refractivity contribution is 7.92. The van der Waals surface area contributed by atoms with Gasteiger partial charge in [0.25, 0.3) is 5.91 Å². The van der Waals surface area contributed by atoms with Crippen LogP contribution >= 0.6 is 0 Å². The van der Waals surface area contributed by atoms with Crippen LogP contribution in [-0.2, 0) is 14.8 Å². The van der Waals surface area contributed by atoms with Crippen LogP contribution in [0, 0.1) is 0 Å². The number of anilines is 1. The molecular formula is C19H28N2O4S. The van der Waals surface area contributed by atoms with Gasteiger partial charge in [-0.1, -0.05) is 18.6 Å². The Labute approximate surface area is 156 Å². The number of carbonyl (C=O) groups excluding carboxylic acids is 1. The average Bonchev–Trinajstić information content (AvgIpc) is 2.64. The van der Waals surface area contributed by atoms with Crippen LogP contribution in [0.3, 0.4) is 0 Å². The van der Waals surface area contributed by atoms with Gasteiger partial charge in [-0.2, -0.15) is 0 Å². The molecule has 1 N–H and O–H groups in total. The van der Waals surface area contributed by atoms with Gasteiger partial charge >= 0.3 is 0 Å². The SMILES string of the molecule is CC[C@@H](Oc1ccc(N(C)S(C)(=O)=O)cc1)C(=O)NCC1=CCCCC1. The van der Waals surface area contributed by atoms with Gasteiger partial charge in [0, 0.05) is 13.6 Å². The standard InChI is InChI=1S/C19H28N2O4S/c1-4-18(19(22)20-14-15-8-6-5-7-9-15)25-17-12-10-16(11-13-17)21(2)26(3,23)24/h8,10-13,18H,4-7,9,14H2,1-3H3,(H,20,22)/t18-/m1/s1. The third kappa shape index (κ3) is 5.76. The number of allylic oxidation sites excluding steroid dienone is 1. The minimum Gasteiger partial charge on any atom is -0.481 e. The predicted octanol–water partition coefficient (Wildman–Crippen LogP) is 2.86. The highest BCUT2D eigenvalue weighted by Gasteiger charge is 2.19. The molecule has 1 amide bonds. The smallest absolute Gasteiger partial charge is 0.261 e. The fourth-order valence-electron chi connectivity index (χ4n) is 2.79. The number of sulfonamides is 1. The van der Waals surface area contributed by atoms with E-state index in [9.17, 15) is 13.2 Å². The van der Waals surface area contributed by atoms with Crippen molar-refractivity contribution in [3.05, 3.63) is 35.9 Å². The second kappa shape index (κ2) is 9.07. The van der Waals surface area contributed by atoms with Gasteiger partial charge in [-0.3, -0.25) is 9.10 Å². The zero-order valence-corrected chi connectivity index (χ0v) is 16.5. The maximum absolute atomic E-state index is 12.4. The molecule has 26 heavy (non-hydrogen) atoms. The molecule has 1 aliphatic carbocycles. The zero-order chi connectivity index (χ0) is 19.2. The molecule has 0 bridgehead atoms. The molecular weight excluding hydrogens is 352 g/mol. The van der Waals surface area contributed by atoms with Gasteiger partial charge in [0.1, 0.15) is 5.75 Å². The topological polar surface area (TPSA) is 75.7 Å². The summed E-state index contributed by atoms with van der Waals surface area (Å²) in [5.74, 6) is 0.408. The Kier molecular flexibility index (Phi) is 7.08. The molecule has 144 valence electrons. The van der Waals surface area contributed by atoms with E-state index in [2.05, 4.69) is 11.4 Å². The summed E-state index contributed by atoms with van der Waals surface area (Å²) < 4.78 is 30.1. The number of hydrogen-bond donors (Lipinski definition) is 1. The normalized spacial score (nSPS) is 15.7. The van der Waals surface area contributed by atoms with Crippen molar-refractivity contribution in [3.63, 3.8) is 0 Å². The van der Waals surface area contributed by atoms with Crippen LogP contribution in [0.5, 0.6) is 5.75 Å². The van der Waals surface area contributed by atoms with Crippen LogP contribution in [0.2, 0.25) is 0 Å². The average molecular weight is 381 g/mol. The monoisotopic (exact) mass is 380 g/mol. The molecule has 0 fully saturated rings. The summed E-state index contributed by atoms with van der Waals surface area (Å²) in [6.07, 6.45) is 7.89. The summed E-state index contributed by atoms with van der Waals surface area (Å²) in [6.45, 7) is 2.48. The number of nitrogens with one attached hydrogen (secondary N) is 1. The van der Waals surface area contributed by atoms with Crippen molar-refractivity contribution < 1.29 is 17.9 Å². The van der Waals surface area contributed by atoms with E-state index in [0.717, 1.165) is 19.1 Å². The lowest BCUT2D eigenvalue weighted by Gasteiger charge is -2.20. The predicted molar refractivity (Wildman–Crippen MR) is 104 cm³/mol. The molecule has 2 rings (SSSR count). The highest BCUT2D eigenvalue weighted by atomic mass is 32.2. The molecule has 0 aliphatic heterocycles. The number of benzene rings is 1. The minimum atomic E-state index is -3.30. The molecule has 0 saturated carbocycles. The van der Waals surface area contributed by atoms with Gasteiger partial charge in [-0.15, -0.1) is 0 Å². The van der Waals surface area contributed by atoms with E-state index in [1.165, 1.54) is 29.8 Å². The highest BCUT2D eigenvalue weighted by Crippen LogP contribution is 2.22. The molecule has 0 unspecified atom stereocenters. The van der Waals surface area contributed by atoms with Crippen LogP contribution in [-0.4, -0.2) is 40.3 Å². The fourth-order valence-corrected chi connectivity index (χ4v) is 3.30. The van der Waals surface area contributed by atoms with Crippen molar-refractivity contribution in [1.29, 1.82) is 0 Å². The van der Waals surface area contributed by atoms with Gasteiger partial charge in [0.15, 0.2) is 6.10 Å². The second-order valence-corrected chi connectivity index (χ2v) is 8.58. The van der Waals surface area contributed by atoms with Crippen LogP contribution in [0.4, 0.5) is 5.69 Å². The molecule has 0 saturated heterocycles. The van der Waals surface area contributed by atoms with Crippen molar-refractivity contribution in [2.75, 3.05) is 24.2 Å². The van der Waals surface area contributed by atoms with Crippen molar-refractivity contribution >= 4 is 21.6 Å². The van der Waals surface area contributed by atoms with E-state index in [4.69, 9.17) is 4.74 Å². The Morgan fingerprint density at radius 3 is 2.50 bits per heavy atom. The van der Waals surface area contributed by atoms with E-state index >= 15 is 0 Å². The van der Waals surface area contributed by atoms with Gasteiger partial charge < -0.3 is 10.1 Å². The Morgan fingerprint density at radius 1 is 1.27 bits per heavy atom. The number of rotatable bonds is 8. The van der Waals surface area contributed by atoms with Crippen LogP contribution < -0.4 is 14.4 Å². The van der Waals surface area contributed by atoms with Crippen molar-refractivity contribution in [1.82, 2.24) is 5.32 Å². The maximum atomic E-state index is 12.4. The molecule has 1 aliphatic rings. The quantitative estimate of drug-likeness (QED) is 0.704. The molecule has 0 aromatic heterocycles. The van der Waals surface area contributed by atoms with Crippen LogP contribution in [0.15, 0.2) is 35.9 Å².